The molecule has 0 radical (unpaired) electrons. The number of hydrogen-bond acceptors (Lipinski definition) is 6. The van der Waals surface area contributed by atoms with Gasteiger partial charge in [-0.1, -0.05) is 13.8 Å². The molecule has 1 fully saturated rings. The van der Waals surface area contributed by atoms with E-state index >= 15 is 0 Å². The highest BCUT2D eigenvalue weighted by Gasteiger charge is 2.16. The lowest BCUT2D eigenvalue weighted by atomic mass is 10.1. The molecule has 21 heavy (non-hydrogen) atoms. The van der Waals surface area contributed by atoms with Gasteiger partial charge in [0.1, 0.15) is 0 Å². The van der Waals surface area contributed by atoms with Crippen LogP contribution in [-0.4, -0.2) is 41.1 Å². The van der Waals surface area contributed by atoms with Crippen molar-refractivity contribution in [3.05, 3.63) is 0 Å². The van der Waals surface area contributed by atoms with Gasteiger partial charge in [-0.25, -0.2) is 0 Å². The SMILES string of the molecule is CCNc1nc(NCCC(C)C)nc(N2CCCCC2)n1. The van der Waals surface area contributed by atoms with Crippen molar-refractivity contribution in [2.75, 3.05) is 41.7 Å². The number of nitrogens with zero attached hydrogens (tertiary/aromatic N) is 4. The Balaban J connectivity index is 2.09. The maximum Gasteiger partial charge on any atom is 0.231 e. The van der Waals surface area contributed by atoms with E-state index in [0.717, 1.165) is 38.5 Å². The summed E-state index contributed by atoms with van der Waals surface area (Å²) in [4.78, 5) is 15.8. The van der Waals surface area contributed by atoms with Crippen molar-refractivity contribution in [1.29, 1.82) is 0 Å². The molecule has 0 aromatic carbocycles. The molecule has 0 saturated carbocycles. The molecule has 1 aliphatic heterocycles. The third kappa shape index (κ3) is 5.02. The zero-order valence-corrected chi connectivity index (χ0v) is 13.5. The molecule has 0 spiro atoms. The predicted molar refractivity (Wildman–Crippen MR) is 88.0 cm³/mol. The van der Waals surface area contributed by atoms with Crippen LogP contribution in [0.15, 0.2) is 0 Å². The summed E-state index contributed by atoms with van der Waals surface area (Å²) in [6, 6.07) is 0. The summed E-state index contributed by atoms with van der Waals surface area (Å²) in [5, 5.41) is 6.52. The molecular weight excluding hydrogens is 264 g/mol. The number of hydrogen-bond donors (Lipinski definition) is 2. The van der Waals surface area contributed by atoms with Crippen LogP contribution in [0.25, 0.3) is 0 Å². The average molecular weight is 292 g/mol. The van der Waals surface area contributed by atoms with Crippen molar-refractivity contribution in [3.63, 3.8) is 0 Å². The standard InChI is InChI=1S/C15H28N6/c1-4-16-13-18-14(17-9-8-12(2)3)20-15(19-13)21-10-6-5-7-11-21/h12H,4-11H2,1-3H3,(H2,16,17,18,19,20). The summed E-state index contributed by atoms with van der Waals surface area (Å²) in [6.45, 7) is 10.3. The minimum atomic E-state index is 0.667. The first-order chi connectivity index (χ1) is 10.2. The molecular formula is C15H28N6. The van der Waals surface area contributed by atoms with Gasteiger partial charge in [-0.05, 0) is 38.5 Å². The Morgan fingerprint density at radius 3 is 2.29 bits per heavy atom. The van der Waals surface area contributed by atoms with Crippen molar-refractivity contribution in [2.24, 2.45) is 5.92 Å². The first kappa shape index (κ1) is 15.8. The highest BCUT2D eigenvalue weighted by molar-refractivity contribution is 5.44. The monoisotopic (exact) mass is 292 g/mol. The van der Waals surface area contributed by atoms with E-state index in [1.165, 1.54) is 19.3 Å². The Morgan fingerprint density at radius 1 is 1.00 bits per heavy atom. The van der Waals surface area contributed by atoms with Crippen molar-refractivity contribution in [3.8, 4) is 0 Å². The Bertz CT molecular complexity index is 428. The highest BCUT2D eigenvalue weighted by Crippen LogP contribution is 2.18. The van der Waals surface area contributed by atoms with Crippen LogP contribution in [0.1, 0.15) is 46.5 Å². The second-order valence-corrected chi connectivity index (χ2v) is 5.97. The Labute approximate surface area is 127 Å². The fourth-order valence-electron chi connectivity index (χ4n) is 2.39. The maximum atomic E-state index is 4.59. The summed E-state index contributed by atoms with van der Waals surface area (Å²) in [5.41, 5.74) is 0. The predicted octanol–water partition coefficient (Wildman–Crippen LogP) is 2.75. The van der Waals surface area contributed by atoms with Gasteiger partial charge in [-0.15, -0.1) is 0 Å². The molecule has 2 rings (SSSR count). The molecule has 0 atom stereocenters. The smallest absolute Gasteiger partial charge is 0.231 e. The minimum absolute atomic E-state index is 0.667. The third-order valence-corrected chi connectivity index (χ3v) is 3.60. The summed E-state index contributed by atoms with van der Waals surface area (Å²) >= 11 is 0. The van der Waals surface area contributed by atoms with Crippen molar-refractivity contribution >= 4 is 17.8 Å². The van der Waals surface area contributed by atoms with E-state index in [2.05, 4.69) is 51.3 Å². The molecule has 0 bridgehead atoms. The van der Waals surface area contributed by atoms with E-state index in [-0.39, 0.29) is 0 Å². The molecule has 2 heterocycles. The first-order valence-electron chi connectivity index (χ1n) is 8.17. The van der Waals surface area contributed by atoms with Gasteiger partial charge in [0.2, 0.25) is 17.8 Å². The van der Waals surface area contributed by atoms with Crippen molar-refractivity contribution in [2.45, 2.75) is 46.5 Å². The zero-order valence-electron chi connectivity index (χ0n) is 13.5. The normalized spacial score (nSPS) is 15.3. The van der Waals surface area contributed by atoms with Gasteiger partial charge in [-0.3, -0.25) is 0 Å². The number of rotatable bonds is 7. The molecule has 0 unspecified atom stereocenters. The number of anilines is 3. The van der Waals surface area contributed by atoms with Gasteiger partial charge < -0.3 is 15.5 Å². The van der Waals surface area contributed by atoms with Crippen LogP contribution in [0.4, 0.5) is 17.8 Å². The largest absolute Gasteiger partial charge is 0.354 e. The molecule has 1 aliphatic rings. The van der Waals surface area contributed by atoms with Crippen LogP contribution in [0.5, 0.6) is 0 Å². The maximum absolute atomic E-state index is 4.59. The van der Waals surface area contributed by atoms with Gasteiger partial charge >= 0.3 is 0 Å². The summed E-state index contributed by atoms with van der Waals surface area (Å²) < 4.78 is 0. The fraction of sp³-hybridized carbons (Fsp3) is 0.800. The van der Waals surface area contributed by atoms with E-state index in [1.54, 1.807) is 0 Å². The number of nitrogens with one attached hydrogen (secondary N) is 2. The van der Waals surface area contributed by atoms with Crippen molar-refractivity contribution < 1.29 is 0 Å². The molecule has 6 heteroatoms. The molecule has 0 aliphatic carbocycles. The lowest BCUT2D eigenvalue weighted by molar-refractivity contribution is 0.567. The number of piperidine rings is 1. The quantitative estimate of drug-likeness (QED) is 0.805. The third-order valence-electron chi connectivity index (χ3n) is 3.60. The molecule has 2 N–H and O–H groups in total. The van der Waals surface area contributed by atoms with Crippen molar-refractivity contribution in [1.82, 2.24) is 15.0 Å². The zero-order chi connectivity index (χ0) is 15.1. The second kappa shape index (κ2) is 8.00. The lowest BCUT2D eigenvalue weighted by Crippen LogP contribution is -2.31. The molecule has 0 amide bonds. The minimum Gasteiger partial charge on any atom is -0.354 e. The Kier molecular flexibility index (Phi) is 6.02. The molecule has 1 aromatic heterocycles. The summed E-state index contributed by atoms with van der Waals surface area (Å²) in [7, 11) is 0. The van der Waals surface area contributed by atoms with Crippen LogP contribution >= 0.6 is 0 Å². The van der Waals surface area contributed by atoms with Crippen LogP contribution in [0, 0.1) is 5.92 Å². The van der Waals surface area contributed by atoms with Crippen LogP contribution in [0.2, 0.25) is 0 Å². The Hall–Kier alpha value is -1.59. The van der Waals surface area contributed by atoms with Gasteiger partial charge in [0.15, 0.2) is 0 Å². The van der Waals surface area contributed by atoms with E-state index in [0.29, 0.717) is 17.8 Å². The summed E-state index contributed by atoms with van der Waals surface area (Å²) in [6.07, 6.45) is 4.86. The molecule has 6 nitrogen and oxygen atoms in total. The lowest BCUT2D eigenvalue weighted by Gasteiger charge is -2.27. The van der Waals surface area contributed by atoms with Crippen LogP contribution in [-0.2, 0) is 0 Å². The van der Waals surface area contributed by atoms with Gasteiger partial charge in [0.25, 0.3) is 0 Å². The van der Waals surface area contributed by atoms with E-state index in [1.807, 2.05) is 0 Å². The van der Waals surface area contributed by atoms with E-state index < -0.39 is 0 Å². The topological polar surface area (TPSA) is 66.0 Å². The first-order valence-corrected chi connectivity index (χ1v) is 8.17. The molecule has 1 saturated heterocycles. The summed E-state index contributed by atoms with van der Waals surface area (Å²) in [5.74, 6) is 2.82. The fourth-order valence-corrected chi connectivity index (χ4v) is 2.39. The van der Waals surface area contributed by atoms with E-state index in [4.69, 9.17) is 0 Å². The molecule has 1 aromatic rings. The molecule has 118 valence electrons. The van der Waals surface area contributed by atoms with Crippen LogP contribution in [0.3, 0.4) is 0 Å². The van der Waals surface area contributed by atoms with Crippen LogP contribution < -0.4 is 15.5 Å². The van der Waals surface area contributed by atoms with Gasteiger partial charge in [-0.2, -0.15) is 15.0 Å². The second-order valence-electron chi connectivity index (χ2n) is 5.97. The van der Waals surface area contributed by atoms with E-state index in [9.17, 15) is 0 Å². The average Bonchev–Trinajstić information content (AvgIpc) is 2.48. The highest BCUT2D eigenvalue weighted by atomic mass is 15.3. The number of aromatic nitrogens is 3. The van der Waals surface area contributed by atoms with Gasteiger partial charge in [0, 0.05) is 26.2 Å². The van der Waals surface area contributed by atoms with Gasteiger partial charge in [0.05, 0.1) is 0 Å². The Morgan fingerprint density at radius 2 is 1.67 bits per heavy atom.